The van der Waals surface area contributed by atoms with E-state index >= 15 is 0 Å². The Morgan fingerprint density at radius 2 is 1.59 bits per heavy atom. The van der Waals surface area contributed by atoms with Gasteiger partial charge in [0.15, 0.2) is 12.4 Å². The second-order valence-corrected chi connectivity index (χ2v) is 9.65. The topological polar surface area (TPSA) is 63.7 Å². The second kappa shape index (κ2) is 6.89. The Morgan fingerprint density at radius 1 is 0.938 bits per heavy atom. The number of aryl methyl sites for hydroxylation is 2. The van der Waals surface area contributed by atoms with E-state index in [-0.39, 0.29) is 47.9 Å². The van der Waals surface area contributed by atoms with Gasteiger partial charge in [-0.2, -0.15) is 0 Å². The highest BCUT2D eigenvalue weighted by Crippen LogP contribution is 2.65. The number of ether oxygens (including phenoxy) is 1. The number of ketones is 1. The van der Waals surface area contributed by atoms with Crippen molar-refractivity contribution in [3.63, 3.8) is 0 Å². The number of hydrogen-bond donors (Lipinski definition) is 0. The van der Waals surface area contributed by atoms with Crippen molar-refractivity contribution in [2.24, 2.45) is 35.5 Å². The quantitative estimate of drug-likeness (QED) is 0.409. The Kier molecular flexibility index (Phi) is 4.19. The number of carbonyl (C=O) groups is 3. The van der Waals surface area contributed by atoms with Crippen LogP contribution in [0.1, 0.15) is 27.9 Å². The van der Waals surface area contributed by atoms with Crippen molar-refractivity contribution >= 4 is 23.3 Å². The van der Waals surface area contributed by atoms with Crippen LogP contribution >= 0.6 is 0 Å². The van der Waals surface area contributed by atoms with Crippen molar-refractivity contribution in [3.8, 4) is 5.75 Å². The lowest BCUT2D eigenvalue weighted by Gasteiger charge is -2.37. The van der Waals surface area contributed by atoms with Gasteiger partial charge in [-0.15, -0.1) is 0 Å². The molecule has 5 aliphatic rings. The summed E-state index contributed by atoms with van der Waals surface area (Å²) in [7, 11) is 0. The molecule has 2 bridgehead atoms. The van der Waals surface area contributed by atoms with E-state index in [9.17, 15) is 14.4 Å². The number of rotatable bonds is 5. The number of benzene rings is 2. The zero-order valence-electron chi connectivity index (χ0n) is 18.2. The molecule has 2 saturated carbocycles. The van der Waals surface area contributed by atoms with Crippen molar-refractivity contribution in [1.82, 2.24) is 0 Å². The third-order valence-corrected chi connectivity index (χ3v) is 7.96. The Labute approximate surface area is 187 Å². The molecule has 1 aliphatic heterocycles. The second-order valence-electron chi connectivity index (χ2n) is 9.65. The molecule has 0 N–H and O–H groups in total. The van der Waals surface area contributed by atoms with Gasteiger partial charge in [-0.1, -0.05) is 36.4 Å². The largest absolute Gasteiger partial charge is 0.483 e. The minimum atomic E-state index is -0.258. The summed E-state index contributed by atoms with van der Waals surface area (Å²) in [6.45, 7) is 3.82. The summed E-state index contributed by atoms with van der Waals surface area (Å²) in [6, 6.07) is 12.6. The van der Waals surface area contributed by atoms with Crippen LogP contribution in [0.4, 0.5) is 5.69 Å². The van der Waals surface area contributed by atoms with Crippen molar-refractivity contribution in [2.45, 2.75) is 20.3 Å². The van der Waals surface area contributed by atoms with Crippen molar-refractivity contribution < 1.29 is 19.1 Å². The number of anilines is 1. The average molecular weight is 428 g/mol. The average Bonchev–Trinajstić information content (AvgIpc) is 3.58. The molecule has 0 spiro atoms. The normalized spacial score (nSPS) is 31.5. The molecule has 2 aromatic rings. The molecule has 6 atom stereocenters. The van der Waals surface area contributed by atoms with Gasteiger partial charge in [0, 0.05) is 5.56 Å². The van der Waals surface area contributed by atoms with Gasteiger partial charge in [0.2, 0.25) is 11.8 Å². The lowest BCUT2D eigenvalue weighted by Crippen LogP contribution is -2.40. The fourth-order valence-electron chi connectivity index (χ4n) is 6.10. The molecular formula is C27H25NO4. The maximum Gasteiger partial charge on any atom is 0.238 e. The molecule has 1 heterocycles. The summed E-state index contributed by atoms with van der Waals surface area (Å²) in [4.78, 5) is 40.9. The standard InChI is InChI=1S/C27H25NO4/c1-14-7-8-16(11-15(14)2)22(29)13-32-23-6-4-3-5-21(23)28-26(30)24-17-9-10-18(20-12-19(17)20)25(24)27(28)31/h3-11,17-20,24-25H,12-13H2,1-2H3/t17-,18-,19-,20+,24-,25+/m1/s1. The van der Waals surface area contributed by atoms with Crippen LogP contribution in [-0.2, 0) is 9.59 Å². The Bertz CT molecular complexity index is 1160. The van der Waals surface area contributed by atoms with E-state index in [1.807, 2.05) is 26.0 Å². The predicted molar refractivity (Wildman–Crippen MR) is 119 cm³/mol. The molecule has 2 aromatic carbocycles. The zero-order valence-corrected chi connectivity index (χ0v) is 18.2. The van der Waals surface area contributed by atoms with Gasteiger partial charge in [-0.3, -0.25) is 14.4 Å². The first-order chi connectivity index (χ1) is 15.5. The summed E-state index contributed by atoms with van der Waals surface area (Å²) < 4.78 is 5.87. The SMILES string of the molecule is Cc1ccc(C(=O)COc2ccccc2N2C(=O)[C@@H]3[C@@H]4C=C[C@H]([C@@H]5C[C@H]45)[C@@H]3C2=O)cc1C. The lowest BCUT2D eigenvalue weighted by molar-refractivity contribution is -0.124. The van der Waals surface area contributed by atoms with Gasteiger partial charge in [-0.25, -0.2) is 4.90 Å². The van der Waals surface area contributed by atoms with Gasteiger partial charge in [0.1, 0.15) is 5.75 Å². The molecule has 162 valence electrons. The maximum absolute atomic E-state index is 13.4. The van der Waals surface area contributed by atoms with E-state index in [0.717, 1.165) is 17.5 Å². The number of hydrogen-bond acceptors (Lipinski definition) is 4. The monoisotopic (exact) mass is 427 g/mol. The first kappa shape index (κ1) is 19.5. The van der Waals surface area contributed by atoms with Crippen LogP contribution < -0.4 is 9.64 Å². The Balaban J connectivity index is 1.25. The number of allylic oxidation sites excluding steroid dienone is 2. The highest BCUT2D eigenvalue weighted by Gasteiger charge is 2.67. The predicted octanol–water partition coefficient (Wildman–Crippen LogP) is 4.12. The fraction of sp³-hybridized carbons (Fsp3) is 0.370. The summed E-state index contributed by atoms with van der Waals surface area (Å²) in [5.74, 6) is 0.954. The molecule has 7 rings (SSSR count). The smallest absolute Gasteiger partial charge is 0.238 e. The number of amides is 2. The van der Waals surface area contributed by atoms with Crippen molar-refractivity contribution in [3.05, 3.63) is 71.3 Å². The van der Waals surface area contributed by atoms with Crippen LogP contribution in [0.3, 0.4) is 0 Å². The number of carbonyl (C=O) groups excluding carboxylic acids is 3. The number of Topliss-reactive ketones (excluding diaryl/α,β-unsaturated/α-hetero) is 1. The summed E-state index contributed by atoms with van der Waals surface area (Å²) in [5, 5.41) is 0. The first-order valence-electron chi connectivity index (χ1n) is 11.3. The van der Waals surface area contributed by atoms with Crippen LogP contribution in [0.15, 0.2) is 54.6 Å². The fourth-order valence-corrected chi connectivity index (χ4v) is 6.10. The third kappa shape index (κ3) is 2.73. The van der Waals surface area contributed by atoms with Crippen LogP contribution in [0.25, 0.3) is 0 Å². The lowest BCUT2D eigenvalue weighted by atomic mass is 9.63. The van der Waals surface area contributed by atoms with E-state index in [4.69, 9.17) is 4.74 Å². The molecule has 4 aliphatic carbocycles. The van der Waals surface area contributed by atoms with Gasteiger partial charge >= 0.3 is 0 Å². The third-order valence-electron chi connectivity index (χ3n) is 7.96. The van der Waals surface area contributed by atoms with E-state index < -0.39 is 0 Å². The van der Waals surface area contributed by atoms with Crippen LogP contribution in [0, 0.1) is 49.4 Å². The van der Waals surface area contributed by atoms with E-state index in [1.54, 1.807) is 30.3 Å². The van der Waals surface area contributed by atoms with Crippen LogP contribution in [0.5, 0.6) is 5.75 Å². The molecule has 32 heavy (non-hydrogen) atoms. The Hall–Kier alpha value is -3.21. The molecule has 5 heteroatoms. The molecule has 0 aromatic heterocycles. The van der Waals surface area contributed by atoms with Gasteiger partial charge < -0.3 is 4.74 Å². The molecule has 0 radical (unpaired) electrons. The maximum atomic E-state index is 13.4. The van der Waals surface area contributed by atoms with E-state index in [1.165, 1.54) is 4.90 Å². The van der Waals surface area contributed by atoms with Crippen molar-refractivity contribution in [2.75, 3.05) is 11.5 Å². The van der Waals surface area contributed by atoms with Crippen LogP contribution in [0.2, 0.25) is 0 Å². The molecule has 1 saturated heterocycles. The summed E-state index contributed by atoms with van der Waals surface area (Å²) in [6.07, 6.45) is 5.47. The molecule has 2 amide bonds. The Morgan fingerprint density at radius 3 is 2.25 bits per heavy atom. The molecular weight excluding hydrogens is 402 g/mol. The van der Waals surface area contributed by atoms with E-state index in [0.29, 0.717) is 28.8 Å². The summed E-state index contributed by atoms with van der Waals surface area (Å²) >= 11 is 0. The summed E-state index contributed by atoms with van der Waals surface area (Å²) in [5.41, 5.74) is 3.21. The minimum Gasteiger partial charge on any atom is -0.483 e. The highest BCUT2D eigenvalue weighted by atomic mass is 16.5. The molecule has 5 nitrogen and oxygen atoms in total. The number of imide groups is 1. The van der Waals surface area contributed by atoms with Gasteiger partial charge in [0.05, 0.1) is 17.5 Å². The minimum absolute atomic E-state index is 0.124. The molecule has 0 unspecified atom stereocenters. The van der Waals surface area contributed by atoms with Gasteiger partial charge in [0.25, 0.3) is 0 Å². The number of nitrogens with zero attached hydrogens (tertiary/aromatic N) is 1. The zero-order chi connectivity index (χ0) is 22.1. The van der Waals surface area contributed by atoms with Gasteiger partial charge in [-0.05, 0) is 73.3 Å². The van der Waals surface area contributed by atoms with Crippen LogP contribution in [-0.4, -0.2) is 24.2 Å². The molecule has 3 fully saturated rings. The van der Waals surface area contributed by atoms with Crippen molar-refractivity contribution in [1.29, 1.82) is 0 Å². The first-order valence-corrected chi connectivity index (χ1v) is 11.3. The highest BCUT2D eigenvalue weighted by molar-refractivity contribution is 6.23. The van der Waals surface area contributed by atoms with E-state index in [2.05, 4.69) is 12.2 Å². The number of para-hydroxylation sites is 2.